The Bertz CT molecular complexity index is 317. The van der Waals surface area contributed by atoms with Gasteiger partial charge in [-0.1, -0.05) is 44.0 Å². The zero-order valence-corrected chi connectivity index (χ0v) is 11.0. The third-order valence-corrected chi connectivity index (χ3v) is 3.10. The number of unbranched alkanes of at least 4 members (excludes halogenated alkanes) is 4. The lowest BCUT2D eigenvalue weighted by molar-refractivity contribution is -0.107. The second kappa shape index (κ2) is 8.98. The summed E-state index contributed by atoms with van der Waals surface area (Å²) in [4.78, 5) is 10.2. The van der Waals surface area contributed by atoms with Crippen LogP contribution in [0.3, 0.4) is 0 Å². The molecule has 1 aromatic rings. The van der Waals surface area contributed by atoms with Gasteiger partial charge in [-0.05, 0) is 43.2 Å². The molecule has 0 N–H and O–H groups in total. The molecule has 0 aliphatic rings. The van der Waals surface area contributed by atoms with E-state index in [0.717, 1.165) is 32.0 Å². The molecule has 0 bridgehead atoms. The van der Waals surface area contributed by atoms with Gasteiger partial charge in [0.1, 0.15) is 6.29 Å². The summed E-state index contributed by atoms with van der Waals surface area (Å²) in [5.41, 5.74) is 2.92. The van der Waals surface area contributed by atoms with E-state index in [1.807, 2.05) is 0 Å². The van der Waals surface area contributed by atoms with Crippen LogP contribution in [0, 0.1) is 0 Å². The molecule has 0 aromatic heterocycles. The SMILES string of the molecule is CCCCc1cccc(CCCCCC=O)c1. The molecule has 0 saturated heterocycles. The Kier molecular flexibility index (Phi) is 7.37. The summed E-state index contributed by atoms with van der Waals surface area (Å²) >= 11 is 0. The highest BCUT2D eigenvalue weighted by atomic mass is 16.1. The summed E-state index contributed by atoms with van der Waals surface area (Å²) in [5.74, 6) is 0. The number of hydrogen-bond acceptors (Lipinski definition) is 1. The van der Waals surface area contributed by atoms with Crippen molar-refractivity contribution in [3.8, 4) is 0 Å². The van der Waals surface area contributed by atoms with Crippen molar-refractivity contribution in [1.29, 1.82) is 0 Å². The first kappa shape index (κ1) is 14.0. The molecule has 0 atom stereocenters. The fraction of sp³-hybridized carbons (Fsp3) is 0.562. The van der Waals surface area contributed by atoms with Gasteiger partial charge in [-0.2, -0.15) is 0 Å². The van der Waals surface area contributed by atoms with Gasteiger partial charge in [-0.15, -0.1) is 0 Å². The topological polar surface area (TPSA) is 17.1 Å². The van der Waals surface area contributed by atoms with E-state index in [0.29, 0.717) is 0 Å². The van der Waals surface area contributed by atoms with Gasteiger partial charge in [0.25, 0.3) is 0 Å². The molecule has 1 rings (SSSR count). The molecule has 94 valence electrons. The van der Waals surface area contributed by atoms with Crippen LogP contribution in [0.2, 0.25) is 0 Å². The number of carbonyl (C=O) groups is 1. The quantitative estimate of drug-likeness (QED) is 0.457. The first-order valence-corrected chi connectivity index (χ1v) is 6.88. The molecule has 1 heteroatoms. The lowest BCUT2D eigenvalue weighted by Crippen LogP contribution is -1.90. The van der Waals surface area contributed by atoms with Gasteiger partial charge in [0, 0.05) is 6.42 Å². The van der Waals surface area contributed by atoms with E-state index >= 15 is 0 Å². The largest absolute Gasteiger partial charge is 0.303 e. The molecule has 1 aromatic carbocycles. The minimum atomic E-state index is 0.719. The van der Waals surface area contributed by atoms with Crippen LogP contribution in [0.5, 0.6) is 0 Å². The van der Waals surface area contributed by atoms with Crippen LogP contribution in [0.25, 0.3) is 0 Å². The van der Waals surface area contributed by atoms with Crippen molar-refractivity contribution in [3.05, 3.63) is 35.4 Å². The van der Waals surface area contributed by atoms with E-state index in [9.17, 15) is 4.79 Å². The molecule has 0 amide bonds. The van der Waals surface area contributed by atoms with Gasteiger partial charge in [-0.3, -0.25) is 0 Å². The van der Waals surface area contributed by atoms with E-state index in [-0.39, 0.29) is 0 Å². The summed E-state index contributed by atoms with van der Waals surface area (Å²) in [7, 11) is 0. The Morgan fingerprint density at radius 1 is 1.00 bits per heavy atom. The van der Waals surface area contributed by atoms with Gasteiger partial charge < -0.3 is 4.79 Å². The minimum absolute atomic E-state index is 0.719. The fourth-order valence-corrected chi connectivity index (χ4v) is 2.06. The molecular weight excluding hydrogens is 208 g/mol. The zero-order valence-electron chi connectivity index (χ0n) is 11.0. The monoisotopic (exact) mass is 232 g/mol. The summed E-state index contributed by atoms with van der Waals surface area (Å²) in [6, 6.07) is 8.96. The number of rotatable bonds is 9. The van der Waals surface area contributed by atoms with Crippen LogP contribution in [0.4, 0.5) is 0 Å². The highest BCUT2D eigenvalue weighted by Crippen LogP contribution is 2.12. The Morgan fingerprint density at radius 2 is 1.71 bits per heavy atom. The molecule has 0 spiro atoms. The van der Waals surface area contributed by atoms with Gasteiger partial charge >= 0.3 is 0 Å². The summed E-state index contributed by atoms with van der Waals surface area (Å²) in [6.07, 6.45) is 10.0. The molecular formula is C16H24O. The van der Waals surface area contributed by atoms with Gasteiger partial charge in [0.05, 0.1) is 0 Å². The first-order valence-electron chi connectivity index (χ1n) is 6.88. The van der Waals surface area contributed by atoms with Crippen molar-refractivity contribution >= 4 is 6.29 Å². The Morgan fingerprint density at radius 3 is 2.35 bits per heavy atom. The third-order valence-electron chi connectivity index (χ3n) is 3.10. The number of aldehydes is 1. The molecule has 0 saturated carbocycles. The average Bonchev–Trinajstić information content (AvgIpc) is 2.37. The van der Waals surface area contributed by atoms with Crippen molar-refractivity contribution in [2.24, 2.45) is 0 Å². The van der Waals surface area contributed by atoms with E-state index in [1.165, 1.54) is 36.8 Å². The van der Waals surface area contributed by atoms with E-state index in [2.05, 4.69) is 31.2 Å². The van der Waals surface area contributed by atoms with Crippen LogP contribution in [-0.2, 0) is 17.6 Å². The van der Waals surface area contributed by atoms with Gasteiger partial charge in [0.15, 0.2) is 0 Å². The Labute approximate surface area is 105 Å². The highest BCUT2D eigenvalue weighted by molar-refractivity contribution is 5.48. The van der Waals surface area contributed by atoms with E-state index in [1.54, 1.807) is 0 Å². The highest BCUT2D eigenvalue weighted by Gasteiger charge is 1.97. The number of hydrogen-bond donors (Lipinski definition) is 0. The van der Waals surface area contributed by atoms with Crippen LogP contribution < -0.4 is 0 Å². The molecule has 0 aliphatic carbocycles. The first-order chi connectivity index (χ1) is 8.36. The molecule has 17 heavy (non-hydrogen) atoms. The van der Waals surface area contributed by atoms with Crippen molar-refractivity contribution in [2.75, 3.05) is 0 Å². The molecule has 1 nitrogen and oxygen atoms in total. The van der Waals surface area contributed by atoms with E-state index in [4.69, 9.17) is 0 Å². The molecule has 0 fully saturated rings. The van der Waals surface area contributed by atoms with Crippen molar-refractivity contribution < 1.29 is 4.79 Å². The Hall–Kier alpha value is -1.11. The maximum Gasteiger partial charge on any atom is 0.119 e. The predicted octanol–water partition coefficient (Wildman–Crippen LogP) is 4.33. The van der Waals surface area contributed by atoms with Crippen LogP contribution in [0.15, 0.2) is 24.3 Å². The maximum absolute atomic E-state index is 10.2. The second-order valence-electron chi connectivity index (χ2n) is 4.69. The van der Waals surface area contributed by atoms with Gasteiger partial charge in [0.2, 0.25) is 0 Å². The second-order valence-corrected chi connectivity index (χ2v) is 4.69. The lowest BCUT2D eigenvalue weighted by atomic mass is 10.0. The van der Waals surface area contributed by atoms with Crippen molar-refractivity contribution in [2.45, 2.75) is 58.3 Å². The lowest BCUT2D eigenvalue weighted by Gasteiger charge is -2.04. The molecule has 0 radical (unpaired) electrons. The van der Waals surface area contributed by atoms with Crippen LogP contribution in [-0.4, -0.2) is 6.29 Å². The zero-order chi connectivity index (χ0) is 12.3. The van der Waals surface area contributed by atoms with E-state index < -0.39 is 0 Å². The number of benzene rings is 1. The van der Waals surface area contributed by atoms with Crippen LogP contribution >= 0.6 is 0 Å². The molecule has 0 aliphatic heterocycles. The smallest absolute Gasteiger partial charge is 0.119 e. The minimum Gasteiger partial charge on any atom is -0.303 e. The molecule has 0 heterocycles. The normalized spacial score (nSPS) is 10.4. The molecule has 0 unspecified atom stereocenters. The maximum atomic E-state index is 10.2. The number of aryl methyl sites for hydroxylation is 2. The average molecular weight is 232 g/mol. The number of carbonyl (C=O) groups excluding carboxylic acids is 1. The van der Waals surface area contributed by atoms with Gasteiger partial charge in [-0.25, -0.2) is 0 Å². The summed E-state index contributed by atoms with van der Waals surface area (Å²) in [6.45, 7) is 2.23. The van der Waals surface area contributed by atoms with Crippen LogP contribution in [0.1, 0.15) is 56.6 Å². The Balaban J connectivity index is 2.29. The third kappa shape index (κ3) is 6.25. The summed E-state index contributed by atoms with van der Waals surface area (Å²) < 4.78 is 0. The standard InChI is InChI=1S/C16H24O/c1-2-3-9-15-11-8-12-16(14-15)10-6-4-5-7-13-17/h8,11-14H,2-7,9-10H2,1H3. The van der Waals surface area contributed by atoms with Crippen molar-refractivity contribution in [1.82, 2.24) is 0 Å². The van der Waals surface area contributed by atoms with Crippen molar-refractivity contribution in [3.63, 3.8) is 0 Å². The predicted molar refractivity (Wildman–Crippen MR) is 73.3 cm³/mol. The summed E-state index contributed by atoms with van der Waals surface area (Å²) in [5, 5.41) is 0. The fourth-order valence-electron chi connectivity index (χ4n) is 2.06.